The molecule has 8 heavy (non-hydrogen) atoms. The van der Waals surface area contributed by atoms with Gasteiger partial charge in [-0.05, 0) is 13.0 Å². The Kier molecular flexibility index (Phi) is 5.87. The van der Waals surface area contributed by atoms with E-state index < -0.39 is 0 Å². The van der Waals surface area contributed by atoms with Crippen molar-refractivity contribution in [2.24, 2.45) is 0 Å². The zero-order valence-electron chi connectivity index (χ0n) is 4.96. The van der Waals surface area contributed by atoms with Crippen LogP contribution in [0.15, 0.2) is 12.2 Å². The fourth-order valence-corrected chi connectivity index (χ4v) is 0.0786. The van der Waals surface area contributed by atoms with Crippen LogP contribution in [0.25, 0.3) is 0 Å². The molecule has 0 radical (unpaired) electrons. The number of hydrogen-bond acceptors (Lipinski definition) is 2. The molecule has 0 atom stereocenters. The van der Waals surface area contributed by atoms with Crippen molar-refractivity contribution < 1.29 is 9.53 Å². The van der Waals surface area contributed by atoms with Gasteiger partial charge < -0.3 is 4.74 Å². The lowest BCUT2D eigenvalue weighted by atomic mass is 10.6. The van der Waals surface area contributed by atoms with Gasteiger partial charge in [0.15, 0.2) is 0 Å². The lowest BCUT2D eigenvalue weighted by Gasteiger charge is -1.51. The molecule has 0 unspecified atom stereocenters. The van der Waals surface area contributed by atoms with Crippen molar-refractivity contribution in [2.45, 2.75) is 6.92 Å². The quantitative estimate of drug-likeness (QED) is 0.286. The standard InChI is InChI=1S/C4H6O.C2H4O/c1-2-3-4-5;1-2-3-1/h2-4H,1H3;1-2H2. The highest BCUT2D eigenvalue weighted by molar-refractivity contribution is 5.64. The summed E-state index contributed by atoms with van der Waals surface area (Å²) in [7, 11) is 0. The predicted molar refractivity (Wildman–Crippen MR) is 31.7 cm³/mol. The van der Waals surface area contributed by atoms with Gasteiger partial charge in [-0.2, -0.15) is 0 Å². The Morgan fingerprint density at radius 1 is 1.50 bits per heavy atom. The van der Waals surface area contributed by atoms with Crippen LogP contribution >= 0.6 is 0 Å². The SMILES string of the molecule is C1CO1.CC=CC=O. The second kappa shape index (κ2) is 6.37. The van der Waals surface area contributed by atoms with Crippen LogP contribution in [0.4, 0.5) is 0 Å². The van der Waals surface area contributed by atoms with Gasteiger partial charge in [0.1, 0.15) is 6.29 Å². The second-order valence-corrected chi connectivity index (χ2v) is 1.27. The van der Waals surface area contributed by atoms with Gasteiger partial charge in [-0.3, -0.25) is 4.79 Å². The van der Waals surface area contributed by atoms with Crippen LogP contribution in [0.1, 0.15) is 6.92 Å². The fourth-order valence-electron chi connectivity index (χ4n) is 0.0786. The summed E-state index contributed by atoms with van der Waals surface area (Å²) < 4.78 is 4.50. The van der Waals surface area contributed by atoms with Gasteiger partial charge in [-0.1, -0.05) is 6.08 Å². The first-order chi connectivity index (χ1) is 3.91. The molecular weight excluding hydrogens is 104 g/mol. The summed E-state index contributed by atoms with van der Waals surface area (Å²) in [6, 6.07) is 0. The minimum Gasteiger partial charge on any atom is -0.377 e. The first-order valence-electron chi connectivity index (χ1n) is 2.56. The summed E-state index contributed by atoms with van der Waals surface area (Å²) in [6.07, 6.45) is 3.88. The van der Waals surface area contributed by atoms with Crippen molar-refractivity contribution in [1.82, 2.24) is 0 Å². The third kappa shape index (κ3) is 18.3. The molecule has 0 aromatic rings. The Hall–Kier alpha value is -0.630. The predicted octanol–water partition coefficient (Wildman–Crippen LogP) is 0.778. The van der Waals surface area contributed by atoms with Crippen LogP contribution in [0.3, 0.4) is 0 Å². The fraction of sp³-hybridized carbons (Fsp3) is 0.500. The number of ether oxygens (including phenoxy) is 1. The molecule has 0 saturated carbocycles. The second-order valence-electron chi connectivity index (χ2n) is 1.27. The molecule has 0 aromatic carbocycles. The number of aldehydes is 1. The molecule has 1 aliphatic rings. The van der Waals surface area contributed by atoms with Gasteiger partial charge in [-0.25, -0.2) is 0 Å². The van der Waals surface area contributed by atoms with Crippen LogP contribution in [-0.4, -0.2) is 19.5 Å². The maximum Gasteiger partial charge on any atom is 0.142 e. The van der Waals surface area contributed by atoms with E-state index in [1.807, 2.05) is 0 Å². The zero-order valence-corrected chi connectivity index (χ0v) is 4.96. The van der Waals surface area contributed by atoms with E-state index in [2.05, 4.69) is 4.74 Å². The minimum absolute atomic E-state index is 0.750. The highest BCUT2D eigenvalue weighted by atomic mass is 16.6. The number of epoxide rings is 1. The van der Waals surface area contributed by atoms with E-state index in [-0.39, 0.29) is 0 Å². The molecule has 1 saturated heterocycles. The average molecular weight is 114 g/mol. The molecule has 0 amide bonds. The summed E-state index contributed by atoms with van der Waals surface area (Å²) in [5.74, 6) is 0. The lowest BCUT2D eigenvalue weighted by molar-refractivity contribution is -0.104. The van der Waals surface area contributed by atoms with Gasteiger partial charge in [0.05, 0.1) is 13.2 Å². The van der Waals surface area contributed by atoms with Crippen LogP contribution in [0.2, 0.25) is 0 Å². The normalized spacial score (nSPS) is 14.6. The van der Waals surface area contributed by atoms with Gasteiger partial charge in [0, 0.05) is 0 Å². The van der Waals surface area contributed by atoms with Crippen molar-refractivity contribution in [2.75, 3.05) is 13.2 Å². The third-order valence-corrected chi connectivity index (χ3v) is 0.475. The Morgan fingerprint density at radius 3 is 2.00 bits per heavy atom. The number of allylic oxidation sites excluding steroid dienone is 2. The van der Waals surface area contributed by atoms with Crippen LogP contribution in [-0.2, 0) is 9.53 Å². The van der Waals surface area contributed by atoms with E-state index in [1.165, 1.54) is 6.08 Å². The average Bonchev–Trinajstić information content (AvgIpc) is 2.50. The first kappa shape index (κ1) is 7.37. The molecular formula is C6H10O2. The molecule has 0 N–H and O–H groups in total. The van der Waals surface area contributed by atoms with Gasteiger partial charge in [-0.15, -0.1) is 0 Å². The Bertz CT molecular complexity index is 71.8. The molecule has 0 spiro atoms. The Labute approximate surface area is 49.1 Å². The largest absolute Gasteiger partial charge is 0.377 e. The molecule has 1 fully saturated rings. The van der Waals surface area contributed by atoms with E-state index in [9.17, 15) is 4.79 Å². The summed E-state index contributed by atoms with van der Waals surface area (Å²) in [5, 5.41) is 0. The van der Waals surface area contributed by atoms with Crippen molar-refractivity contribution in [3.8, 4) is 0 Å². The van der Waals surface area contributed by atoms with E-state index >= 15 is 0 Å². The summed E-state index contributed by atoms with van der Waals surface area (Å²) in [6.45, 7) is 3.80. The molecule has 1 rings (SSSR count). The molecule has 46 valence electrons. The van der Waals surface area contributed by atoms with Gasteiger partial charge in [0.25, 0.3) is 0 Å². The van der Waals surface area contributed by atoms with E-state index in [1.54, 1.807) is 13.0 Å². The van der Waals surface area contributed by atoms with Crippen molar-refractivity contribution in [3.05, 3.63) is 12.2 Å². The topological polar surface area (TPSA) is 29.6 Å². The maximum atomic E-state index is 9.32. The number of hydrogen-bond donors (Lipinski definition) is 0. The van der Waals surface area contributed by atoms with Crippen LogP contribution in [0, 0.1) is 0 Å². The lowest BCUT2D eigenvalue weighted by Crippen LogP contribution is -1.50. The molecule has 2 nitrogen and oxygen atoms in total. The summed E-state index contributed by atoms with van der Waals surface area (Å²) in [5.41, 5.74) is 0. The molecule has 2 heteroatoms. The van der Waals surface area contributed by atoms with Gasteiger partial charge in [0.2, 0.25) is 0 Å². The molecule has 0 aromatic heterocycles. The van der Waals surface area contributed by atoms with E-state index in [0.717, 1.165) is 19.5 Å². The Morgan fingerprint density at radius 2 is 2.00 bits per heavy atom. The van der Waals surface area contributed by atoms with Crippen molar-refractivity contribution in [3.63, 3.8) is 0 Å². The number of rotatable bonds is 1. The van der Waals surface area contributed by atoms with Crippen molar-refractivity contribution >= 4 is 6.29 Å². The van der Waals surface area contributed by atoms with E-state index in [0.29, 0.717) is 0 Å². The maximum absolute atomic E-state index is 9.32. The third-order valence-electron chi connectivity index (χ3n) is 0.475. The summed E-state index contributed by atoms with van der Waals surface area (Å²) in [4.78, 5) is 9.32. The minimum atomic E-state index is 0.750. The van der Waals surface area contributed by atoms with Gasteiger partial charge >= 0.3 is 0 Å². The monoisotopic (exact) mass is 114 g/mol. The first-order valence-corrected chi connectivity index (χ1v) is 2.56. The highest BCUT2D eigenvalue weighted by Gasteiger charge is 1.94. The smallest absolute Gasteiger partial charge is 0.142 e. The van der Waals surface area contributed by atoms with Crippen LogP contribution in [0.5, 0.6) is 0 Å². The molecule has 0 aliphatic carbocycles. The highest BCUT2D eigenvalue weighted by Crippen LogP contribution is 1.84. The molecule has 1 heterocycles. The van der Waals surface area contributed by atoms with Crippen molar-refractivity contribution in [1.29, 1.82) is 0 Å². The molecule has 1 aliphatic heterocycles. The van der Waals surface area contributed by atoms with E-state index in [4.69, 9.17) is 0 Å². The zero-order chi connectivity index (χ0) is 6.24. The Balaban J connectivity index is 0.000000135. The number of carbonyl (C=O) groups is 1. The molecule has 0 bridgehead atoms. The number of carbonyl (C=O) groups excluding carboxylic acids is 1. The summed E-state index contributed by atoms with van der Waals surface area (Å²) >= 11 is 0. The van der Waals surface area contributed by atoms with Crippen LogP contribution < -0.4 is 0 Å².